The van der Waals surface area contributed by atoms with Crippen molar-refractivity contribution in [1.82, 2.24) is 15.0 Å². The lowest BCUT2D eigenvalue weighted by Crippen LogP contribution is -2.18. The molecule has 0 N–H and O–H groups in total. The zero-order valence-electron chi connectivity index (χ0n) is 9.70. The van der Waals surface area contributed by atoms with Crippen LogP contribution in [-0.4, -0.2) is 33.0 Å². The van der Waals surface area contributed by atoms with Gasteiger partial charge < -0.3 is 0 Å². The van der Waals surface area contributed by atoms with Crippen LogP contribution < -0.4 is 0 Å². The molecule has 1 aliphatic rings. The molecule has 0 amide bonds. The fraction of sp³-hybridized carbons (Fsp3) is 0.364. The largest absolute Gasteiger partial charge is 0.262 e. The molecule has 0 saturated heterocycles. The van der Waals surface area contributed by atoms with Gasteiger partial charge in [-0.2, -0.15) is 15.5 Å². The van der Waals surface area contributed by atoms with Gasteiger partial charge in [0.1, 0.15) is 23.6 Å². The molecule has 18 heavy (non-hydrogen) atoms. The van der Waals surface area contributed by atoms with E-state index in [-0.39, 0.29) is 11.6 Å². The van der Waals surface area contributed by atoms with Crippen molar-refractivity contribution in [2.24, 2.45) is 9.98 Å². The fourth-order valence-electron chi connectivity index (χ4n) is 1.53. The molecule has 0 bridgehead atoms. The molecule has 0 saturated carbocycles. The summed E-state index contributed by atoms with van der Waals surface area (Å²) < 4.78 is 0. The summed E-state index contributed by atoms with van der Waals surface area (Å²) in [6.45, 7) is 1.89. The number of nitrogens with zero attached hydrogens (tertiary/aromatic N) is 7. The molecule has 0 atom stereocenters. The summed E-state index contributed by atoms with van der Waals surface area (Å²) in [5.74, 6) is 0.330. The van der Waals surface area contributed by atoms with Gasteiger partial charge in [-0.3, -0.25) is 9.98 Å². The Morgan fingerprint density at radius 1 is 1.06 bits per heavy atom. The minimum atomic E-state index is -0.494. The summed E-state index contributed by atoms with van der Waals surface area (Å²) in [6.07, 6.45) is 4.39. The van der Waals surface area contributed by atoms with Gasteiger partial charge in [0.15, 0.2) is 0 Å². The number of nitriles is 2. The SMILES string of the molecule is CC1(CCc2nc(C#N)nc(C#N)n2)N=CC=N1. The Kier molecular flexibility index (Phi) is 3.07. The number of aryl methyl sites for hydroxylation is 1. The van der Waals surface area contributed by atoms with E-state index < -0.39 is 5.66 Å². The van der Waals surface area contributed by atoms with E-state index in [0.717, 1.165) is 0 Å². The smallest absolute Gasteiger partial charge is 0.236 e. The van der Waals surface area contributed by atoms with Crippen LogP contribution in [0.25, 0.3) is 0 Å². The molecule has 0 unspecified atom stereocenters. The number of rotatable bonds is 3. The maximum atomic E-state index is 8.75. The van der Waals surface area contributed by atoms with Gasteiger partial charge in [0.05, 0.1) is 0 Å². The first-order chi connectivity index (χ1) is 8.65. The van der Waals surface area contributed by atoms with Crippen LogP contribution >= 0.6 is 0 Å². The molecule has 1 aromatic rings. The highest BCUT2D eigenvalue weighted by Gasteiger charge is 2.23. The van der Waals surface area contributed by atoms with Crippen LogP contribution in [0.5, 0.6) is 0 Å². The Hall–Kier alpha value is -2.67. The van der Waals surface area contributed by atoms with Gasteiger partial charge in [-0.05, 0) is 13.3 Å². The lowest BCUT2D eigenvalue weighted by molar-refractivity contribution is 0.462. The minimum Gasteiger partial charge on any atom is -0.262 e. The monoisotopic (exact) mass is 239 g/mol. The summed E-state index contributed by atoms with van der Waals surface area (Å²) in [5.41, 5.74) is -0.494. The third-order valence-electron chi connectivity index (χ3n) is 2.48. The molecular formula is C11H9N7. The second-order valence-electron chi connectivity index (χ2n) is 3.90. The van der Waals surface area contributed by atoms with Crippen molar-refractivity contribution < 1.29 is 0 Å². The van der Waals surface area contributed by atoms with E-state index in [4.69, 9.17) is 10.5 Å². The van der Waals surface area contributed by atoms with E-state index in [2.05, 4.69) is 24.9 Å². The lowest BCUT2D eigenvalue weighted by Gasteiger charge is -2.16. The first-order valence-corrected chi connectivity index (χ1v) is 5.29. The maximum absolute atomic E-state index is 8.75. The molecule has 1 aromatic heterocycles. The summed E-state index contributed by atoms with van der Waals surface area (Å²) in [4.78, 5) is 20.0. The zero-order valence-corrected chi connectivity index (χ0v) is 9.70. The van der Waals surface area contributed by atoms with Crippen molar-refractivity contribution in [3.63, 3.8) is 0 Å². The van der Waals surface area contributed by atoms with Crippen LogP contribution in [0.3, 0.4) is 0 Å². The average molecular weight is 239 g/mol. The van der Waals surface area contributed by atoms with Gasteiger partial charge in [-0.15, -0.1) is 0 Å². The first kappa shape index (κ1) is 11.8. The Morgan fingerprint density at radius 3 is 2.11 bits per heavy atom. The highest BCUT2D eigenvalue weighted by atomic mass is 15.1. The third kappa shape index (κ3) is 2.53. The van der Waals surface area contributed by atoms with Crippen LogP contribution in [0.15, 0.2) is 9.98 Å². The molecule has 2 rings (SSSR count). The zero-order chi connectivity index (χ0) is 13.0. The quantitative estimate of drug-likeness (QED) is 0.758. The predicted molar refractivity (Wildman–Crippen MR) is 63.0 cm³/mol. The van der Waals surface area contributed by atoms with E-state index in [1.807, 2.05) is 6.92 Å². The van der Waals surface area contributed by atoms with E-state index >= 15 is 0 Å². The second-order valence-corrected chi connectivity index (χ2v) is 3.90. The van der Waals surface area contributed by atoms with Crippen molar-refractivity contribution in [2.45, 2.75) is 25.4 Å². The highest BCUT2D eigenvalue weighted by molar-refractivity contribution is 6.17. The summed E-state index contributed by atoms with van der Waals surface area (Å²) >= 11 is 0. The number of aromatic nitrogens is 3. The molecule has 7 heteroatoms. The van der Waals surface area contributed by atoms with Crippen molar-refractivity contribution in [2.75, 3.05) is 0 Å². The standard InChI is InChI=1S/C11H9N7/c1-11(14-4-5-15-11)3-2-8-16-9(6-12)18-10(7-13)17-8/h4-5H,2-3H2,1H3. The average Bonchev–Trinajstić information content (AvgIpc) is 2.83. The van der Waals surface area contributed by atoms with Crippen LogP contribution in [0.1, 0.15) is 30.8 Å². The van der Waals surface area contributed by atoms with E-state index in [1.165, 1.54) is 0 Å². The predicted octanol–water partition coefficient (Wildman–Crippen LogP) is 0.419. The van der Waals surface area contributed by atoms with Gasteiger partial charge in [0.25, 0.3) is 0 Å². The topological polar surface area (TPSA) is 111 Å². The van der Waals surface area contributed by atoms with Crippen molar-refractivity contribution in [1.29, 1.82) is 10.5 Å². The first-order valence-electron chi connectivity index (χ1n) is 5.29. The van der Waals surface area contributed by atoms with Gasteiger partial charge >= 0.3 is 0 Å². The minimum absolute atomic E-state index is 0.0415. The van der Waals surface area contributed by atoms with Crippen LogP contribution in [0.2, 0.25) is 0 Å². The van der Waals surface area contributed by atoms with Crippen LogP contribution in [-0.2, 0) is 6.42 Å². The molecule has 0 aliphatic carbocycles. The third-order valence-corrected chi connectivity index (χ3v) is 2.48. The van der Waals surface area contributed by atoms with Crippen LogP contribution in [0, 0.1) is 22.7 Å². The van der Waals surface area contributed by atoms with E-state index in [1.54, 1.807) is 24.6 Å². The highest BCUT2D eigenvalue weighted by Crippen LogP contribution is 2.20. The molecule has 0 aromatic carbocycles. The Labute approximate surface area is 104 Å². The fourth-order valence-corrected chi connectivity index (χ4v) is 1.53. The van der Waals surface area contributed by atoms with E-state index in [9.17, 15) is 0 Å². The Balaban J connectivity index is 2.15. The number of hydrogen-bond acceptors (Lipinski definition) is 7. The normalized spacial score (nSPS) is 15.3. The molecule has 0 fully saturated rings. The van der Waals surface area contributed by atoms with Gasteiger partial charge in [0, 0.05) is 18.9 Å². The summed E-state index contributed by atoms with van der Waals surface area (Å²) in [7, 11) is 0. The summed E-state index contributed by atoms with van der Waals surface area (Å²) in [6, 6.07) is 3.61. The Morgan fingerprint density at radius 2 is 1.61 bits per heavy atom. The second kappa shape index (κ2) is 4.68. The van der Waals surface area contributed by atoms with Crippen molar-refractivity contribution in [3.05, 3.63) is 17.5 Å². The number of aliphatic imine (C=N–C) groups is 2. The van der Waals surface area contributed by atoms with Crippen molar-refractivity contribution in [3.8, 4) is 12.1 Å². The maximum Gasteiger partial charge on any atom is 0.236 e. The molecule has 0 spiro atoms. The molecule has 0 radical (unpaired) electrons. The summed E-state index contributed by atoms with van der Waals surface area (Å²) in [5, 5.41) is 17.5. The van der Waals surface area contributed by atoms with Gasteiger partial charge in [0.2, 0.25) is 11.6 Å². The number of hydrogen-bond donors (Lipinski definition) is 0. The van der Waals surface area contributed by atoms with E-state index in [0.29, 0.717) is 18.7 Å². The molecular weight excluding hydrogens is 230 g/mol. The Bertz CT molecular complexity index is 559. The molecule has 88 valence electrons. The molecule has 1 aliphatic heterocycles. The molecule has 2 heterocycles. The van der Waals surface area contributed by atoms with Gasteiger partial charge in [-0.1, -0.05) is 0 Å². The lowest BCUT2D eigenvalue weighted by atomic mass is 10.1. The molecule has 7 nitrogen and oxygen atoms in total. The van der Waals surface area contributed by atoms with Gasteiger partial charge in [-0.25, -0.2) is 9.97 Å². The van der Waals surface area contributed by atoms with Crippen molar-refractivity contribution >= 4 is 12.4 Å². The van der Waals surface area contributed by atoms with Crippen LogP contribution in [0.4, 0.5) is 0 Å².